The van der Waals surface area contributed by atoms with Crippen LogP contribution in [0.4, 0.5) is 0 Å². The van der Waals surface area contributed by atoms with E-state index in [1.54, 1.807) is 0 Å². The molecule has 0 spiro atoms. The second kappa shape index (κ2) is 5.36. The highest BCUT2D eigenvalue weighted by Gasteiger charge is 2.48. The highest BCUT2D eigenvalue weighted by molar-refractivity contribution is 5.98. The van der Waals surface area contributed by atoms with Crippen molar-refractivity contribution in [2.75, 3.05) is 14.1 Å². The molecule has 0 N–H and O–H groups in total. The minimum absolute atomic E-state index is 0.133. The van der Waals surface area contributed by atoms with Crippen molar-refractivity contribution < 1.29 is 0 Å². The summed E-state index contributed by atoms with van der Waals surface area (Å²) in [6.07, 6.45) is 1.06. The van der Waals surface area contributed by atoms with Gasteiger partial charge in [-0.05, 0) is 24.5 Å². The maximum Gasteiger partial charge on any atom is 0.114 e. The predicted octanol–water partition coefficient (Wildman–Crippen LogP) is 3.73. The summed E-state index contributed by atoms with van der Waals surface area (Å²) in [5.74, 6) is 1.16. The first-order valence-corrected chi connectivity index (χ1v) is 7.51. The Morgan fingerprint density at radius 3 is 1.86 bits per heavy atom. The number of rotatable bonds is 2. The zero-order valence-electron chi connectivity index (χ0n) is 13.0. The van der Waals surface area contributed by atoms with E-state index in [0.717, 1.165) is 12.3 Å². The summed E-state index contributed by atoms with van der Waals surface area (Å²) < 4.78 is 0. The minimum Gasteiger partial charge on any atom is -0.360 e. The van der Waals surface area contributed by atoms with Crippen LogP contribution in [0.5, 0.6) is 0 Å². The van der Waals surface area contributed by atoms with E-state index >= 15 is 0 Å². The molecule has 1 saturated heterocycles. The maximum absolute atomic E-state index is 4.67. The normalized spacial score (nSPS) is 22.7. The highest BCUT2D eigenvalue weighted by atomic mass is 15.2. The van der Waals surface area contributed by atoms with Gasteiger partial charge in [-0.25, -0.2) is 0 Å². The average Bonchev–Trinajstić information content (AvgIpc) is 2.81. The summed E-state index contributed by atoms with van der Waals surface area (Å²) in [6, 6.07) is 22.0. The van der Waals surface area contributed by atoms with Crippen LogP contribution in [-0.2, 0) is 5.41 Å². The van der Waals surface area contributed by atoms with E-state index in [-0.39, 0.29) is 5.41 Å². The summed E-state index contributed by atoms with van der Waals surface area (Å²) in [5.41, 5.74) is 2.52. The van der Waals surface area contributed by atoms with Crippen molar-refractivity contribution in [1.82, 2.24) is 4.90 Å². The molecule has 2 nitrogen and oxygen atoms in total. The van der Waals surface area contributed by atoms with Crippen molar-refractivity contribution in [1.29, 1.82) is 0 Å². The number of hydrogen-bond acceptors (Lipinski definition) is 1. The van der Waals surface area contributed by atoms with E-state index < -0.39 is 0 Å². The van der Waals surface area contributed by atoms with E-state index in [2.05, 4.69) is 84.5 Å². The van der Waals surface area contributed by atoms with Crippen LogP contribution in [0.2, 0.25) is 0 Å². The molecule has 0 unspecified atom stereocenters. The van der Waals surface area contributed by atoms with Gasteiger partial charge >= 0.3 is 0 Å². The lowest BCUT2D eigenvalue weighted by Gasteiger charge is -2.31. The molecule has 2 aromatic rings. The molecule has 1 aliphatic heterocycles. The molecule has 0 aromatic heterocycles. The zero-order valence-corrected chi connectivity index (χ0v) is 13.0. The number of likely N-dealkylation sites (tertiary alicyclic amines) is 1. The largest absolute Gasteiger partial charge is 0.360 e. The lowest BCUT2D eigenvalue weighted by atomic mass is 9.72. The highest BCUT2D eigenvalue weighted by Crippen LogP contribution is 2.44. The quantitative estimate of drug-likeness (QED) is 0.817. The molecule has 1 fully saturated rings. The van der Waals surface area contributed by atoms with Gasteiger partial charge in [-0.15, -0.1) is 0 Å². The van der Waals surface area contributed by atoms with Crippen LogP contribution in [0, 0.1) is 0 Å². The summed E-state index contributed by atoms with van der Waals surface area (Å²) in [6.45, 7) is 2.28. The summed E-state index contributed by atoms with van der Waals surface area (Å²) in [7, 11) is 4.06. The van der Waals surface area contributed by atoms with E-state index in [1.807, 2.05) is 7.05 Å². The molecule has 0 amide bonds. The Morgan fingerprint density at radius 2 is 1.43 bits per heavy atom. The van der Waals surface area contributed by atoms with Gasteiger partial charge in [-0.3, -0.25) is 4.99 Å². The van der Waals surface area contributed by atoms with Crippen molar-refractivity contribution in [3.63, 3.8) is 0 Å². The number of aliphatic imine (C=N–C) groups is 1. The molecular weight excluding hydrogens is 256 g/mol. The number of amidine groups is 1. The summed E-state index contributed by atoms with van der Waals surface area (Å²) in [5, 5.41) is 0. The second-order valence-electron chi connectivity index (χ2n) is 5.85. The first-order valence-electron chi connectivity index (χ1n) is 7.51. The van der Waals surface area contributed by atoms with E-state index in [4.69, 9.17) is 0 Å². The molecular formula is C19H22N2. The average molecular weight is 278 g/mol. The van der Waals surface area contributed by atoms with Crippen LogP contribution in [0.25, 0.3) is 0 Å². The molecule has 0 bridgehead atoms. The van der Waals surface area contributed by atoms with Crippen LogP contribution < -0.4 is 0 Å². The monoisotopic (exact) mass is 278 g/mol. The molecule has 1 aliphatic rings. The molecule has 108 valence electrons. The first kappa shape index (κ1) is 13.9. The number of likely N-dealkylation sites (N-methyl/N-ethyl adjacent to an activating group) is 1. The van der Waals surface area contributed by atoms with E-state index in [9.17, 15) is 0 Å². The molecule has 0 saturated carbocycles. The molecule has 2 heteroatoms. The molecule has 3 rings (SSSR count). The lowest BCUT2D eigenvalue weighted by Crippen LogP contribution is -2.38. The van der Waals surface area contributed by atoms with Gasteiger partial charge in [0, 0.05) is 20.1 Å². The molecule has 1 heterocycles. The lowest BCUT2D eigenvalue weighted by molar-refractivity contribution is 0.415. The first-order chi connectivity index (χ1) is 10.2. The fourth-order valence-electron chi connectivity index (χ4n) is 3.64. The van der Waals surface area contributed by atoms with Crippen LogP contribution in [0.1, 0.15) is 24.5 Å². The Balaban J connectivity index is 2.27. The van der Waals surface area contributed by atoms with Gasteiger partial charge in [0.2, 0.25) is 0 Å². The molecule has 21 heavy (non-hydrogen) atoms. The van der Waals surface area contributed by atoms with Crippen LogP contribution in [0.3, 0.4) is 0 Å². The molecule has 2 aromatic carbocycles. The van der Waals surface area contributed by atoms with Crippen molar-refractivity contribution in [3.05, 3.63) is 71.8 Å². The number of nitrogens with zero attached hydrogens (tertiary/aromatic N) is 2. The Bertz CT molecular complexity index is 592. The Labute approximate surface area is 127 Å². The van der Waals surface area contributed by atoms with Gasteiger partial charge in [-0.1, -0.05) is 60.7 Å². The van der Waals surface area contributed by atoms with Crippen molar-refractivity contribution in [3.8, 4) is 0 Å². The Kier molecular flexibility index (Phi) is 3.54. The standard InChI is InChI=1S/C19H22N2/c1-15-14-19(18(20-2)21(15)3,16-10-6-4-7-11-16)17-12-8-5-9-13-17/h4-13,15H,14H2,1-3H3/t15-/m1/s1. The predicted molar refractivity (Wildman–Crippen MR) is 88.9 cm³/mol. The number of benzene rings is 2. The summed E-state index contributed by atoms with van der Waals surface area (Å²) in [4.78, 5) is 6.99. The fourth-order valence-corrected chi connectivity index (χ4v) is 3.64. The van der Waals surface area contributed by atoms with E-state index in [1.165, 1.54) is 11.1 Å². The van der Waals surface area contributed by atoms with Gasteiger partial charge in [0.05, 0.1) is 5.41 Å². The topological polar surface area (TPSA) is 15.6 Å². The Hall–Kier alpha value is -2.09. The van der Waals surface area contributed by atoms with Crippen molar-refractivity contribution in [2.24, 2.45) is 4.99 Å². The van der Waals surface area contributed by atoms with Gasteiger partial charge in [0.1, 0.15) is 5.84 Å². The van der Waals surface area contributed by atoms with Gasteiger partial charge < -0.3 is 4.90 Å². The van der Waals surface area contributed by atoms with Crippen LogP contribution >= 0.6 is 0 Å². The minimum atomic E-state index is -0.133. The third-order valence-electron chi connectivity index (χ3n) is 4.72. The fraction of sp³-hybridized carbons (Fsp3) is 0.316. The molecule has 0 radical (unpaired) electrons. The van der Waals surface area contributed by atoms with E-state index in [0.29, 0.717) is 6.04 Å². The second-order valence-corrected chi connectivity index (χ2v) is 5.85. The van der Waals surface area contributed by atoms with Gasteiger partial charge in [0.25, 0.3) is 0 Å². The smallest absolute Gasteiger partial charge is 0.114 e. The van der Waals surface area contributed by atoms with Crippen molar-refractivity contribution in [2.45, 2.75) is 24.8 Å². The van der Waals surface area contributed by atoms with Gasteiger partial charge in [-0.2, -0.15) is 0 Å². The maximum atomic E-state index is 4.67. The van der Waals surface area contributed by atoms with Crippen LogP contribution in [-0.4, -0.2) is 30.9 Å². The molecule has 1 atom stereocenters. The zero-order chi connectivity index (χ0) is 14.9. The third-order valence-corrected chi connectivity index (χ3v) is 4.72. The van der Waals surface area contributed by atoms with Crippen molar-refractivity contribution >= 4 is 5.84 Å². The Morgan fingerprint density at radius 1 is 0.952 bits per heavy atom. The van der Waals surface area contributed by atoms with Crippen LogP contribution in [0.15, 0.2) is 65.7 Å². The third kappa shape index (κ3) is 2.06. The van der Waals surface area contributed by atoms with Gasteiger partial charge in [0.15, 0.2) is 0 Å². The SMILES string of the molecule is CN=C1N(C)[C@H](C)CC1(c1ccccc1)c1ccccc1. The number of hydrogen-bond donors (Lipinski definition) is 0. The summed E-state index contributed by atoms with van der Waals surface area (Å²) >= 11 is 0. The molecule has 0 aliphatic carbocycles.